The van der Waals surface area contributed by atoms with Crippen LogP contribution in [0, 0.1) is 0 Å². The van der Waals surface area contributed by atoms with E-state index in [-0.39, 0.29) is 5.60 Å². The zero-order chi connectivity index (χ0) is 10.4. The average molecular weight is 197 g/mol. The molecular weight excluding hydrogens is 178 g/mol. The van der Waals surface area contributed by atoms with Gasteiger partial charge in [0.25, 0.3) is 0 Å². The molecule has 1 aromatic heterocycles. The average Bonchev–Trinajstić information content (AvgIpc) is 2.65. The van der Waals surface area contributed by atoms with Gasteiger partial charge in [0.2, 0.25) is 0 Å². The SMILES string of the molecule is COC(C)(C)CCNCc1ccco1. The second-order valence-electron chi connectivity index (χ2n) is 3.97. The van der Waals surface area contributed by atoms with Gasteiger partial charge >= 0.3 is 0 Å². The molecule has 0 saturated carbocycles. The summed E-state index contributed by atoms with van der Waals surface area (Å²) in [5.74, 6) is 0.972. The first-order chi connectivity index (χ1) is 6.64. The van der Waals surface area contributed by atoms with Gasteiger partial charge in [-0.3, -0.25) is 0 Å². The van der Waals surface area contributed by atoms with Crippen molar-refractivity contribution in [2.45, 2.75) is 32.4 Å². The Bertz CT molecular complexity index is 242. The maximum absolute atomic E-state index is 5.31. The highest BCUT2D eigenvalue weighted by Crippen LogP contribution is 2.11. The van der Waals surface area contributed by atoms with E-state index in [1.807, 2.05) is 12.1 Å². The Morgan fingerprint density at radius 1 is 1.50 bits per heavy atom. The molecule has 0 fully saturated rings. The van der Waals surface area contributed by atoms with E-state index in [9.17, 15) is 0 Å². The Morgan fingerprint density at radius 2 is 2.29 bits per heavy atom. The number of rotatable bonds is 6. The normalized spacial score (nSPS) is 11.9. The second kappa shape index (κ2) is 5.17. The van der Waals surface area contributed by atoms with E-state index in [0.29, 0.717) is 0 Å². The summed E-state index contributed by atoms with van der Waals surface area (Å²) in [6.45, 7) is 5.89. The van der Waals surface area contributed by atoms with Gasteiger partial charge in [0.15, 0.2) is 0 Å². The van der Waals surface area contributed by atoms with Gasteiger partial charge in [-0.15, -0.1) is 0 Å². The van der Waals surface area contributed by atoms with E-state index < -0.39 is 0 Å². The number of furan rings is 1. The van der Waals surface area contributed by atoms with Gasteiger partial charge in [0, 0.05) is 7.11 Å². The van der Waals surface area contributed by atoms with E-state index in [1.165, 1.54) is 0 Å². The minimum atomic E-state index is -0.0455. The Morgan fingerprint density at radius 3 is 2.86 bits per heavy atom. The van der Waals surface area contributed by atoms with Crippen LogP contribution < -0.4 is 5.32 Å². The third kappa shape index (κ3) is 3.94. The van der Waals surface area contributed by atoms with Crippen LogP contribution in [0.1, 0.15) is 26.0 Å². The van der Waals surface area contributed by atoms with Gasteiger partial charge in [-0.2, -0.15) is 0 Å². The van der Waals surface area contributed by atoms with Crippen molar-refractivity contribution in [3.05, 3.63) is 24.2 Å². The number of hydrogen-bond acceptors (Lipinski definition) is 3. The zero-order valence-corrected chi connectivity index (χ0v) is 9.17. The molecule has 0 atom stereocenters. The van der Waals surface area contributed by atoms with Crippen LogP contribution in [0.4, 0.5) is 0 Å². The molecule has 0 aliphatic carbocycles. The maximum atomic E-state index is 5.31. The molecule has 3 heteroatoms. The summed E-state index contributed by atoms with van der Waals surface area (Å²) in [4.78, 5) is 0. The van der Waals surface area contributed by atoms with E-state index in [0.717, 1.165) is 25.3 Å². The predicted molar refractivity (Wildman–Crippen MR) is 56.1 cm³/mol. The lowest BCUT2D eigenvalue weighted by Gasteiger charge is -2.22. The third-order valence-corrected chi connectivity index (χ3v) is 2.34. The molecule has 0 amide bonds. The van der Waals surface area contributed by atoms with Crippen LogP contribution in [0.3, 0.4) is 0 Å². The largest absolute Gasteiger partial charge is 0.468 e. The monoisotopic (exact) mass is 197 g/mol. The zero-order valence-electron chi connectivity index (χ0n) is 9.17. The predicted octanol–water partition coefficient (Wildman–Crippen LogP) is 2.18. The summed E-state index contributed by atoms with van der Waals surface area (Å²) in [5, 5.41) is 3.30. The first-order valence-electron chi connectivity index (χ1n) is 4.92. The fourth-order valence-electron chi connectivity index (χ4n) is 1.12. The molecule has 0 aliphatic rings. The van der Waals surface area contributed by atoms with Gasteiger partial charge in [0.05, 0.1) is 18.4 Å². The topological polar surface area (TPSA) is 34.4 Å². The summed E-state index contributed by atoms with van der Waals surface area (Å²) < 4.78 is 10.5. The standard InChI is InChI=1S/C11H19NO2/c1-11(2,13-3)6-7-12-9-10-5-4-8-14-10/h4-5,8,12H,6-7,9H2,1-3H3. The Labute approximate surface area is 85.4 Å². The second-order valence-corrected chi connectivity index (χ2v) is 3.97. The lowest BCUT2D eigenvalue weighted by Crippen LogP contribution is -2.28. The molecule has 1 heterocycles. The molecule has 0 aliphatic heterocycles. The van der Waals surface area contributed by atoms with Crippen LogP contribution in [0.15, 0.2) is 22.8 Å². The summed E-state index contributed by atoms with van der Waals surface area (Å²) in [7, 11) is 1.74. The molecule has 1 aromatic rings. The summed E-state index contributed by atoms with van der Waals surface area (Å²) in [6.07, 6.45) is 2.68. The molecule has 0 bridgehead atoms. The van der Waals surface area contributed by atoms with Crippen molar-refractivity contribution in [2.24, 2.45) is 0 Å². The molecule has 14 heavy (non-hydrogen) atoms. The molecule has 0 unspecified atom stereocenters. The molecule has 80 valence electrons. The molecule has 0 radical (unpaired) electrons. The van der Waals surface area contributed by atoms with E-state index >= 15 is 0 Å². The summed E-state index contributed by atoms with van der Waals surface area (Å²) in [5.41, 5.74) is -0.0455. The third-order valence-electron chi connectivity index (χ3n) is 2.34. The Kier molecular flexibility index (Phi) is 4.17. The number of hydrogen-bond donors (Lipinski definition) is 1. The van der Waals surface area contributed by atoms with Crippen molar-refractivity contribution in [3.8, 4) is 0 Å². The van der Waals surface area contributed by atoms with E-state index in [2.05, 4.69) is 19.2 Å². The number of nitrogens with one attached hydrogen (secondary N) is 1. The highest BCUT2D eigenvalue weighted by molar-refractivity contribution is 4.97. The van der Waals surface area contributed by atoms with E-state index in [4.69, 9.17) is 9.15 Å². The molecule has 1 rings (SSSR count). The minimum Gasteiger partial charge on any atom is -0.468 e. The molecule has 0 spiro atoms. The van der Waals surface area contributed by atoms with Gasteiger partial charge in [0.1, 0.15) is 5.76 Å². The molecule has 3 nitrogen and oxygen atoms in total. The first kappa shape index (κ1) is 11.3. The number of methoxy groups -OCH3 is 1. The minimum absolute atomic E-state index is 0.0455. The summed E-state index contributed by atoms with van der Waals surface area (Å²) >= 11 is 0. The van der Waals surface area contributed by atoms with Gasteiger partial charge in [-0.25, -0.2) is 0 Å². The van der Waals surface area contributed by atoms with Crippen molar-refractivity contribution < 1.29 is 9.15 Å². The first-order valence-corrected chi connectivity index (χ1v) is 4.92. The fraction of sp³-hybridized carbons (Fsp3) is 0.636. The van der Waals surface area contributed by atoms with E-state index in [1.54, 1.807) is 13.4 Å². The van der Waals surface area contributed by atoms with Crippen molar-refractivity contribution in [1.82, 2.24) is 5.32 Å². The van der Waals surface area contributed by atoms with Crippen molar-refractivity contribution in [1.29, 1.82) is 0 Å². The highest BCUT2D eigenvalue weighted by Gasteiger charge is 2.14. The smallest absolute Gasteiger partial charge is 0.117 e. The van der Waals surface area contributed by atoms with Crippen molar-refractivity contribution in [2.75, 3.05) is 13.7 Å². The van der Waals surface area contributed by atoms with Crippen LogP contribution in [-0.4, -0.2) is 19.3 Å². The Hall–Kier alpha value is -0.800. The summed E-state index contributed by atoms with van der Waals surface area (Å²) in [6, 6.07) is 3.87. The number of ether oxygens (including phenoxy) is 1. The molecule has 0 saturated heterocycles. The molecular formula is C11H19NO2. The highest BCUT2D eigenvalue weighted by atomic mass is 16.5. The van der Waals surface area contributed by atoms with Crippen molar-refractivity contribution in [3.63, 3.8) is 0 Å². The fourth-order valence-corrected chi connectivity index (χ4v) is 1.12. The maximum Gasteiger partial charge on any atom is 0.117 e. The quantitative estimate of drug-likeness (QED) is 0.710. The van der Waals surface area contributed by atoms with Crippen molar-refractivity contribution >= 4 is 0 Å². The lowest BCUT2D eigenvalue weighted by atomic mass is 10.1. The van der Waals surface area contributed by atoms with Crippen LogP contribution >= 0.6 is 0 Å². The molecule has 1 N–H and O–H groups in total. The Balaban J connectivity index is 2.11. The van der Waals surface area contributed by atoms with Gasteiger partial charge in [-0.1, -0.05) is 0 Å². The van der Waals surface area contributed by atoms with Crippen LogP contribution in [0.25, 0.3) is 0 Å². The molecule has 0 aromatic carbocycles. The van der Waals surface area contributed by atoms with Crippen LogP contribution in [0.5, 0.6) is 0 Å². The van der Waals surface area contributed by atoms with Gasteiger partial charge < -0.3 is 14.5 Å². The van der Waals surface area contributed by atoms with Crippen LogP contribution in [0.2, 0.25) is 0 Å². The van der Waals surface area contributed by atoms with Crippen LogP contribution in [-0.2, 0) is 11.3 Å². The van der Waals surface area contributed by atoms with Gasteiger partial charge in [-0.05, 0) is 38.9 Å². The lowest BCUT2D eigenvalue weighted by molar-refractivity contribution is 0.0157.